The Morgan fingerprint density at radius 1 is 0.938 bits per heavy atom. The lowest BCUT2D eigenvalue weighted by Gasteiger charge is -2.12. The molecule has 0 aliphatic heterocycles. The van der Waals surface area contributed by atoms with E-state index < -0.39 is 17.8 Å². The van der Waals surface area contributed by atoms with E-state index in [1.807, 2.05) is 50.2 Å². The summed E-state index contributed by atoms with van der Waals surface area (Å²) in [5, 5.41) is 20.9. The highest BCUT2D eigenvalue weighted by atomic mass is 16.4. The van der Waals surface area contributed by atoms with Gasteiger partial charge in [-0.2, -0.15) is 0 Å². The summed E-state index contributed by atoms with van der Waals surface area (Å²) in [7, 11) is 0. The highest BCUT2D eigenvalue weighted by Gasteiger charge is 2.25. The fourth-order valence-corrected chi connectivity index (χ4v) is 4.33. The first-order valence-electron chi connectivity index (χ1n) is 10.9. The maximum atomic E-state index is 13.2. The number of aryl methyl sites for hydroxylation is 2. The van der Waals surface area contributed by atoms with E-state index in [2.05, 4.69) is 32.0 Å². The Hall–Kier alpha value is -3.37. The lowest BCUT2D eigenvalue weighted by atomic mass is 9.99. The number of rotatable bonds is 5. The number of benzene rings is 1. The maximum Gasteiger partial charge on any atom is 0.231 e. The first kappa shape index (κ1) is 21.8. The third kappa shape index (κ3) is 3.82. The molecule has 1 heterocycles. The summed E-state index contributed by atoms with van der Waals surface area (Å²) in [6.07, 6.45) is 0.277. The van der Waals surface area contributed by atoms with Crippen LogP contribution in [0.15, 0.2) is 63.8 Å². The molecule has 2 N–H and O–H groups in total. The van der Waals surface area contributed by atoms with E-state index in [0.717, 1.165) is 27.8 Å². The number of aliphatic hydroxyl groups excluding tert-OH is 1. The van der Waals surface area contributed by atoms with Gasteiger partial charge < -0.3 is 14.6 Å². The molecule has 0 saturated heterocycles. The number of aliphatic hydroxyl groups is 1. The van der Waals surface area contributed by atoms with Gasteiger partial charge in [-0.25, -0.2) is 0 Å². The first-order valence-corrected chi connectivity index (χ1v) is 10.9. The highest BCUT2D eigenvalue weighted by Crippen LogP contribution is 2.43. The number of aromatic hydroxyl groups is 1. The van der Waals surface area contributed by atoms with Gasteiger partial charge in [0.05, 0.1) is 0 Å². The van der Waals surface area contributed by atoms with E-state index in [-0.39, 0.29) is 23.5 Å². The summed E-state index contributed by atoms with van der Waals surface area (Å²) in [6.45, 7) is 7.91. The minimum atomic E-state index is -0.507. The molecule has 0 bridgehead atoms. The molecule has 1 aromatic carbocycles. The molecule has 0 saturated carbocycles. The molecule has 32 heavy (non-hydrogen) atoms. The van der Waals surface area contributed by atoms with Crippen molar-refractivity contribution in [3.63, 3.8) is 0 Å². The van der Waals surface area contributed by atoms with Gasteiger partial charge >= 0.3 is 0 Å². The van der Waals surface area contributed by atoms with Crippen LogP contribution in [-0.2, 0) is 13.0 Å². The Balaban J connectivity index is 1.93. The molecular formula is C28H28O4. The van der Waals surface area contributed by atoms with Crippen LogP contribution >= 0.6 is 0 Å². The minimum absolute atomic E-state index is 0.106. The van der Waals surface area contributed by atoms with Crippen LogP contribution in [0.5, 0.6) is 5.75 Å². The Morgan fingerprint density at radius 2 is 1.66 bits per heavy atom. The standard InChI is InChI=1S/C28H28O4/c1-16(2)20-10-11-21-17(3)13-23(25(21)18(4)12-20)28-27(31)26(30)22(24(15-29)32-28)14-19-8-6-5-7-9-19/h5-13,16,29,31H,14-15H2,1-4H3. The Labute approximate surface area is 188 Å². The molecular weight excluding hydrogens is 400 g/mol. The smallest absolute Gasteiger partial charge is 0.231 e. The Kier molecular flexibility index (Phi) is 5.90. The zero-order valence-corrected chi connectivity index (χ0v) is 18.9. The van der Waals surface area contributed by atoms with Crippen molar-refractivity contribution in [2.75, 3.05) is 0 Å². The first-order chi connectivity index (χ1) is 15.3. The molecule has 0 amide bonds. The monoisotopic (exact) mass is 428 g/mol. The Morgan fingerprint density at radius 3 is 2.31 bits per heavy atom. The topological polar surface area (TPSA) is 70.7 Å². The van der Waals surface area contributed by atoms with Gasteiger partial charge in [0.2, 0.25) is 11.2 Å². The fourth-order valence-electron chi connectivity index (χ4n) is 4.33. The normalized spacial score (nSPS) is 11.4. The molecule has 4 rings (SSSR count). The van der Waals surface area contributed by atoms with E-state index in [0.29, 0.717) is 11.5 Å². The van der Waals surface area contributed by atoms with Crippen molar-refractivity contribution in [3.8, 4) is 28.2 Å². The van der Waals surface area contributed by atoms with E-state index in [1.165, 1.54) is 5.56 Å². The summed E-state index contributed by atoms with van der Waals surface area (Å²) in [5.41, 5.74) is 6.60. The predicted molar refractivity (Wildman–Crippen MR) is 127 cm³/mol. The molecule has 2 aliphatic carbocycles. The van der Waals surface area contributed by atoms with Crippen molar-refractivity contribution in [1.82, 2.24) is 0 Å². The zero-order valence-electron chi connectivity index (χ0n) is 18.9. The van der Waals surface area contributed by atoms with Crippen molar-refractivity contribution in [1.29, 1.82) is 0 Å². The van der Waals surface area contributed by atoms with Crippen LogP contribution in [0.2, 0.25) is 0 Å². The second-order valence-electron chi connectivity index (χ2n) is 8.68. The molecule has 0 fully saturated rings. The van der Waals surface area contributed by atoms with Crippen LogP contribution in [0.25, 0.3) is 22.5 Å². The van der Waals surface area contributed by atoms with Crippen molar-refractivity contribution >= 4 is 0 Å². The van der Waals surface area contributed by atoms with Gasteiger partial charge in [-0.05, 0) is 59.2 Å². The van der Waals surface area contributed by atoms with Gasteiger partial charge in [-0.15, -0.1) is 0 Å². The molecule has 2 aromatic rings. The largest absolute Gasteiger partial charge is 0.502 e. The number of hydrogen-bond acceptors (Lipinski definition) is 4. The van der Waals surface area contributed by atoms with E-state index in [1.54, 1.807) is 0 Å². The summed E-state index contributed by atoms with van der Waals surface area (Å²) in [6, 6.07) is 17.7. The average molecular weight is 429 g/mol. The van der Waals surface area contributed by atoms with Gasteiger partial charge in [-0.3, -0.25) is 4.79 Å². The molecule has 164 valence electrons. The third-order valence-electron chi connectivity index (χ3n) is 6.09. The summed E-state index contributed by atoms with van der Waals surface area (Å²) in [5.74, 6) is 0.238. The molecule has 0 unspecified atom stereocenters. The Bertz CT molecular complexity index is 1300. The van der Waals surface area contributed by atoms with Gasteiger partial charge in [0, 0.05) is 17.5 Å². The predicted octanol–water partition coefficient (Wildman–Crippen LogP) is 5.94. The van der Waals surface area contributed by atoms with Gasteiger partial charge in [0.25, 0.3) is 0 Å². The minimum Gasteiger partial charge on any atom is -0.502 e. The molecule has 4 nitrogen and oxygen atoms in total. The van der Waals surface area contributed by atoms with E-state index >= 15 is 0 Å². The van der Waals surface area contributed by atoms with Crippen molar-refractivity contribution in [2.45, 2.75) is 46.6 Å². The van der Waals surface area contributed by atoms with Crippen LogP contribution in [0.4, 0.5) is 0 Å². The van der Waals surface area contributed by atoms with Gasteiger partial charge in [-0.1, -0.05) is 62.4 Å². The second kappa shape index (κ2) is 8.64. The summed E-state index contributed by atoms with van der Waals surface area (Å²) in [4.78, 5) is 13.2. The van der Waals surface area contributed by atoms with Crippen LogP contribution in [0.3, 0.4) is 0 Å². The molecule has 4 heteroatoms. The number of hydrogen-bond donors (Lipinski definition) is 2. The highest BCUT2D eigenvalue weighted by molar-refractivity contribution is 5.90. The fraction of sp³-hybridized carbons (Fsp3) is 0.250. The average Bonchev–Trinajstić information content (AvgIpc) is 2.99. The van der Waals surface area contributed by atoms with E-state index in [9.17, 15) is 15.0 Å². The van der Waals surface area contributed by atoms with Crippen LogP contribution in [0, 0.1) is 13.8 Å². The van der Waals surface area contributed by atoms with Crippen molar-refractivity contribution < 1.29 is 14.6 Å². The lowest BCUT2D eigenvalue weighted by Crippen LogP contribution is -2.14. The third-order valence-corrected chi connectivity index (χ3v) is 6.09. The summed E-state index contributed by atoms with van der Waals surface area (Å²) < 4.78 is 6.01. The van der Waals surface area contributed by atoms with Crippen LogP contribution in [0.1, 0.15) is 53.3 Å². The molecule has 0 atom stereocenters. The van der Waals surface area contributed by atoms with Crippen molar-refractivity contribution in [2.24, 2.45) is 0 Å². The van der Waals surface area contributed by atoms with Crippen LogP contribution in [-0.4, -0.2) is 10.2 Å². The molecule has 0 radical (unpaired) electrons. The maximum absolute atomic E-state index is 13.2. The van der Waals surface area contributed by atoms with Gasteiger partial charge in [0.15, 0.2) is 5.76 Å². The second-order valence-corrected chi connectivity index (χ2v) is 8.68. The quantitative estimate of drug-likeness (QED) is 0.413. The number of fused-ring (bicyclic) bond motifs is 1. The SMILES string of the molecule is Cc1cc(-c2oc(CO)c(Cc3ccccc3)c(=O)c2O)c2c(C)cc(C(C)C)ccc1-2. The van der Waals surface area contributed by atoms with Crippen LogP contribution < -0.4 is 5.43 Å². The molecule has 1 aromatic heterocycles. The van der Waals surface area contributed by atoms with E-state index in [4.69, 9.17) is 4.42 Å². The lowest BCUT2D eigenvalue weighted by molar-refractivity contribution is 0.241. The van der Waals surface area contributed by atoms with Gasteiger partial charge in [0.1, 0.15) is 12.4 Å². The summed E-state index contributed by atoms with van der Waals surface area (Å²) >= 11 is 0. The molecule has 2 aliphatic rings. The zero-order chi connectivity index (χ0) is 23.0. The molecule has 0 spiro atoms. The van der Waals surface area contributed by atoms with Crippen molar-refractivity contribution in [3.05, 3.63) is 98.4 Å².